The molecule has 0 aliphatic heterocycles. The highest BCUT2D eigenvalue weighted by Crippen LogP contribution is 2.14. The van der Waals surface area contributed by atoms with Crippen LogP contribution in [0.2, 0.25) is 0 Å². The zero-order chi connectivity index (χ0) is 9.14. The molecule has 1 aromatic rings. The number of rotatable bonds is 2. The Balaban J connectivity index is 3.18. The Labute approximate surface area is 73.4 Å². The lowest BCUT2D eigenvalue weighted by Gasteiger charge is -2.01. The van der Waals surface area contributed by atoms with Gasteiger partial charge >= 0.3 is 0 Å². The van der Waals surface area contributed by atoms with Crippen LogP contribution in [0.5, 0.6) is 0 Å². The Morgan fingerprint density at radius 1 is 1.25 bits per heavy atom. The maximum atomic E-state index is 12.9. The fourth-order valence-electron chi connectivity index (χ4n) is 0.796. The van der Waals surface area contributed by atoms with Crippen LogP contribution in [0.15, 0.2) is 5.16 Å². The molecule has 0 bridgehead atoms. The summed E-state index contributed by atoms with van der Waals surface area (Å²) in [6, 6.07) is 0. The Morgan fingerprint density at radius 3 is 2.08 bits per heavy atom. The molecule has 0 aliphatic carbocycles. The van der Waals surface area contributed by atoms with E-state index in [0.29, 0.717) is 0 Å². The van der Waals surface area contributed by atoms with Gasteiger partial charge in [-0.3, -0.25) is 0 Å². The van der Waals surface area contributed by atoms with Crippen molar-refractivity contribution in [3.63, 3.8) is 0 Å². The Kier molecular flexibility index (Phi) is 2.97. The van der Waals surface area contributed by atoms with Gasteiger partial charge in [0.1, 0.15) is 0 Å². The smallest absolute Gasteiger partial charge is 0.193 e. The number of hydrogen-bond acceptors (Lipinski definition) is 3. The summed E-state index contributed by atoms with van der Waals surface area (Å²) in [4.78, 5) is 6.94. The molecule has 0 fully saturated rings. The van der Waals surface area contributed by atoms with Gasteiger partial charge in [0, 0.05) is 0 Å². The first-order chi connectivity index (χ1) is 5.69. The minimum Gasteiger partial charge on any atom is -0.193 e. The third-order valence-electron chi connectivity index (χ3n) is 1.42. The molecule has 0 aromatic carbocycles. The second kappa shape index (κ2) is 3.80. The highest BCUT2D eigenvalue weighted by atomic mass is 32.2. The van der Waals surface area contributed by atoms with Crippen molar-refractivity contribution in [2.45, 2.75) is 18.5 Å². The molecule has 1 heterocycles. The highest BCUT2D eigenvalue weighted by molar-refractivity contribution is 7.98. The molecule has 0 saturated heterocycles. The molecule has 66 valence electrons. The van der Waals surface area contributed by atoms with Gasteiger partial charge in [0.15, 0.2) is 5.16 Å². The highest BCUT2D eigenvalue weighted by Gasteiger charge is 2.11. The average Bonchev–Trinajstić information content (AvgIpc) is 2.03. The molecule has 0 amide bonds. The fraction of sp³-hybridized carbons (Fsp3) is 0.429. The predicted molar refractivity (Wildman–Crippen MR) is 43.1 cm³/mol. The van der Waals surface area contributed by atoms with Crippen molar-refractivity contribution in [3.8, 4) is 0 Å². The minimum absolute atomic E-state index is 0.0483. The lowest BCUT2D eigenvalue weighted by molar-refractivity contribution is 0.481. The van der Waals surface area contributed by atoms with Gasteiger partial charge in [-0.25, -0.2) is 0 Å². The summed E-state index contributed by atoms with van der Waals surface area (Å²) in [7, 11) is 0. The number of nitrogens with zero attached hydrogens (tertiary/aromatic N) is 2. The van der Waals surface area contributed by atoms with Crippen LogP contribution in [0.1, 0.15) is 12.5 Å². The normalized spacial score (nSPS) is 10.3. The van der Waals surface area contributed by atoms with Gasteiger partial charge in [0.2, 0.25) is 11.9 Å². The van der Waals surface area contributed by atoms with Crippen molar-refractivity contribution in [2.75, 3.05) is 6.26 Å². The molecule has 0 spiro atoms. The second-order valence-corrected chi connectivity index (χ2v) is 2.90. The quantitative estimate of drug-likeness (QED) is 0.405. The Morgan fingerprint density at radius 2 is 1.75 bits per heavy atom. The lowest BCUT2D eigenvalue weighted by Crippen LogP contribution is -2.02. The number of thioether (sulfide) groups is 1. The summed E-state index contributed by atoms with van der Waals surface area (Å²) in [6.45, 7) is 1.66. The average molecular weight is 190 g/mol. The third kappa shape index (κ3) is 1.72. The molecule has 0 aliphatic rings. The Hall–Kier alpha value is -0.710. The van der Waals surface area contributed by atoms with Gasteiger partial charge in [0.25, 0.3) is 0 Å². The third-order valence-corrected chi connectivity index (χ3v) is 1.97. The van der Waals surface area contributed by atoms with Crippen LogP contribution in [-0.4, -0.2) is 16.2 Å². The van der Waals surface area contributed by atoms with Crippen LogP contribution < -0.4 is 0 Å². The first-order valence-corrected chi connectivity index (χ1v) is 4.67. The van der Waals surface area contributed by atoms with E-state index < -0.39 is 11.9 Å². The fourth-order valence-corrected chi connectivity index (χ4v) is 1.14. The molecule has 0 unspecified atom stereocenters. The topological polar surface area (TPSA) is 25.8 Å². The van der Waals surface area contributed by atoms with E-state index in [-0.39, 0.29) is 17.1 Å². The molecule has 0 saturated carbocycles. The first-order valence-electron chi connectivity index (χ1n) is 3.45. The van der Waals surface area contributed by atoms with Crippen LogP contribution in [0.3, 0.4) is 0 Å². The van der Waals surface area contributed by atoms with Gasteiger partial charge in [-0.1, -0.05) is 18.7 Å². The van der Waals surface area contributed by atoms with E-state index >= 15 is 0 Å². The van der Waals surface area contributed by atoms with Crippen molar-refractivity contribution in [2.24, 2.45) is 0 Å². The van der Waals surface area contributed by atoms with E-state index in [1.54, 1.807) is 13.2 Å². The van der Waals surface area contributed by atoms with Crippen molar-refractivity contribution in [1.82, 2.24) is 9.97 Å². The molecule has 0 radical (unpaired) electrons. The number of aromatic nitrogens is 2. The standard InChI is InChI=1S/C7H8F2N2S/c1-3-4-5(8)10-7(12-2)11-6(4)9/h3H2,1-2H3. The molecule has 1 aromatic heterocycles. The predicted octanol–water partition coefficient (Wildman–Crippen LogP) is 2.04. The molecule has 0 atom stereocenters. The zero-order valence-corrected chi connectivity index (χ0v) is 7.58. The van der Waals surface area contributed by atoms with Crippen LogP contribution in [0.4, 0.5) is 8.78 Å². The molecule has 0 N–H and O–H groups in total. The summed E-state index contributed by atoms with van der Waals surface area (Å²) < 4.78 is 25.8. The van der Waals surface area contributed by atoms with E-state index in [4.69, 9.17) is 0 Å². The number of halogens is 2. The SMILES string of the molecule is CCc1c(F)nc(SC)nc1F. The van der Waals surface area contributed by atoms with Crippen molar-refractivity contribution in [1.29, 1.82) is 0 Å². The van der Waals surface area contributed by atoms with Crippen LogP contribution in [0.25, 0.3) is 0 Å². The van der Waals surface area contributed by atoms with Crippen LogP contribution >= 0.6 is 11.8 Å². The molecule has 2 nitrogen and oxygen atoms in total. The molecular weight excluding hydrogens is 182 g/mol. The number of hydrogen-bond donors (Lipinski definition) is 0. The van der Waals surface area contributed by atoms with Gasteiger partial charge in [0.05, 0.1) is 5.56 Å². The molecule has 1 rings (SSSR count). The minimum atomic E-state index is -0.755. The van der Waals surface area contributed by atoms with Crippen LogP contribution in [0, 0.1) is 11.9 Å². The van der Waals surface area contributed by atoms with Crippen molar-refractivity contribution >= 4 is 11.8 Å². The first kappa shape index (κ1) is 9.38. The summed E-state index contributed by atoms with van der Waals surface area (Å²) in [5, 5.41) is 0.127. The second-order valence-electron chi connectivity index (χ2n) is 2.12. The molecule has 12 heavy (non-hydrogen) atoms. The lowest BCUT2D eigenvalue weighted by atomic mass is 10.2. The summed E-state index contributed by atoms with van der Waals surface area (Å²) in [5.74, 6) is -1.51. The van der Waals surface area contributed by atoms with Crippen molar-refractivity contribution < 1.29 is 8.78 Å². The zero-order valence-electron chi connectivity index (χ0n) is 6.77. The van der Waals surface area contributed by atoms with Crippen molar-refractivity contribution in [3.05, 3.63) is 17.5 Å². The van der Waals surface area contributed by atoms with E-state index in [9.17, 15) is 8.78 Å². The van der Waals surface area contributed by atoms with E-state index in [2.05, 4.69) is 9.97 Å². The Bertz CT molecular complexity index is 268. The summed E-state index contributed by atoms with van der Waals surface area (Å²) >= 11 is 1.11. The van der Waals surface area contributed by atoms with E-state index in [0.717, 1.165) is 11.8 Å². The van der Waals surface area contributed by atoms with Gasteiger partial charge < -0.3 is 0 Å². The monoisotopic (exact) mass is 190 g/mol. The van der Waals surface area contributed by atoms with Gasteiger partial charge in [-0.15, -0.1) is 0 Å². The van der Waals surface area contributed by atoms with Gasteiger partial charge in [-0.05, 0) is 12.7 Å². The van der Waals surface area contributed by atoms with Crippen LogP contribution in [-0.2, 0) is 6.42 Å². The maximum absolute atomic E-state index is 12.9. The van der Waals surface area contributed by atoms with E-state index in [1.807, 2.05) is 0 Å². The largest absolute Gasteiger partial charge is 0.223 e. The summed E-state index contributed by atoms with van der Waals surface area (Å²) in [5.41, 5.74) is -0.0483. The van der Waals surface area contributed by atoms with Gasteiger partial charge in [-0.2, -0.15) is 18.7 Å². The molecular formula is C7H8F2N2S. The summed E-state index contributed by atoms with van der Waals surface area (Å²) in [6.07, 6.45) is 1.94. The van der Waals surface area contributed by atoms with E-state index in [1.165, 1.54) is 0 Å². The molecule has 5 heteroatoms. The maximum Gasteiger partial charge on any atom is 0.223 e.